The molecule has 137 heavy (non-hydrogen) atoms. The normalized spacial score (nSPS) is 27.7. The van der Waals surface area contributed by atoms with Gasteiger partial charge in [-0.25, -0.2) is 9.78 Å². The van der Waals surface area contributed by atoms with Crippen molar-refractivity contribution in [2.45, 2.75) is 308 Å². The number of guanidine groups is 1. The van der Waals surface area contributed by atoms with Crippen LogP contribution in [0, 0.1) is 5.92 Å². The molecule has 0 aliphatic carbocycles. The number of rotatable bonds is 48. The average molecular weight is 1960 g/mol. The van der Waals surface area contributed by atoms with Crippen LogP contribution in [0.5, 0.6) is 0 Å². The molecule has 7 heterocycles. The molecule has 1 aromatic rings. The third-order valence-corrected chi connectivity index (χ3v) is 23.7. The number of ether oxygens (including phenoxy) is 6. The second-order valence-electron chi connectivity index (χ2n) is 34.5. The smallest absolute Gasteiger partial charge is 0.364 e. The Morgan fingerprint density at radius 1 is 0.599 bits per heavy atom. The first-order valence-corrected chi connectivity index (χ1v) is 44.3. The Labute approximate surface area is 782 Å². The molecule has 0 bridgehead atoms. The summed E-state index contributed by atoms with van der Waals surface area (Å²) in [5, 5.41) is 169. The quantitative estimate of drug-likeness (QED) is 0.0164. The van der Waals surface area contributed by atoms with E-state index in [1.54, 1.807) is 0 Å². The lowest BCUT2D eigenvalue weighted by Crippen LogP contribution is -2.71. The first kappa shape index (κ1) is 113. The molecule has 6 aliphatic rings. The van der Waals surface area contributed by atoms with Gasteiger partial charge in [-0.2, -0.15) is 0 Å². The number of amides is 15. The van der Waals surface area contributed by atoms with E-state index in [0.717, 1.165) is 44.4 Å². The number of hydrogen-bond donors (Lipinski definition) is 29. The van der Waals surface area contributed by atoms with E-state index in [2.05, 4.69) is 73.4 Å². The summed E-state index contributed by atoms with van der Waals surface area (Å²) < 4.78 is 35.8. The summed E-state index contributed by atoms with van der Waals surface area (Å²) >= 11 is 0. The summed E-state index contributed by atoms with van der Waals surface area (Å²) in [4.78, 5) is 249. The van der Waals surface area contributed by atoms with Gasteiger partial charge < -0.3 is 196 Å². The fraction of sp³-hybridized carbons (Fsp3) is 0.738. The van der Waals surface area contributed by atoms with Gasteiger partial charge in [0.05, 0.1) is 76.1 Å². The van der Waals surface area contributed by atoms with Crippen LogP contribution < -0.4 is 81.4 Å². The molecule has 0 saturated carbocycles. The van der Waals surface area contributed by atoms with Gasteiger partial charge in [0.25, 0.3) is 5.79 Å². The van der Waals surface area contributed by atoms with Gasteiger partial charge in [0.15, 0.2) is 18.5 Å². The number of aliphatic hydroxyl groups is 11. The van der Waals surface area contributed by atoms with E-state index in [9.17, 15) is 134 Å². The van der Waals surface area contributed by atoms with E-state index in [-0.39, 0.29) is 71.1 Å². The van der Waals surface area contributed by atoms with Gasteiger partial charge >= 0.3 is 11.9 Å². The Bertz CT molecular complexity index is 4410. The molecule has 770 valence electrons. The predicted molar refractivity (Wildman–Crippen MR) is 459 cm³/mol. The van der Waals surface area contributed by atoms with Crippen molar-refractivity contribution in [3.05, 3.63) is 18.2 Å². The van der Waals surface area contributed by atoms with Crippen molar-refractivity contribution in [1.82, 2.24) is 83.2 Å². The van der Waals surface area contributed by atoms with Crippen LogP contribution in [-0.2, 0) is 116 Å². The number of carbonyl (C=O) groups excluding carboxylic acids is 15. The summed E-state index contributed by atoms with van der Waals surface area (Å²) in [7, 11) is 0. The minimum absolute atomic E-state index is 0.0213. The maximum atomic E-state index is 15.7. The molecule has 30 atom stereocenters. The third kappa shape index (κ3) is 29.9. The van der Waals surface area contributed by atoms with Gasteiger partial charge in [0.1, 0.15) is 134 Å². The fourth-order valence-corrected chi connectivity index (χ4v) is 16.5. The number of carboxylic acid groups (broad SMARTS) is 2. The van der Waals surface area contributed by atoms with E-state index in [1.807, 2.05) is 0 Å². The van der Waals surface area contributed by atoms with Crippen LogP contribution >= 0.6 is 0 Å². The number of carboxylic acids is 2. The first-order valence-electron chi connectivity index (χ1n) is 44.3. The number of aliphatic hydroxyl groups excluding tert-OH is 11. The largest absolute Gasteiger partial charge is 0.481 e. The molecule has 6 aliphatic heterocycles. The second kappa shape index (κ2) is 51.4. The molecule has 33 N–H and O–H groups in total. The number of nitrogens with one attached hydrogen (secondary N) is 12. The number of carbonyl (C=O) groups is 17. The number of aromatic nitrogens is 2. The number of imidazole rings is 1. The molecule has 0 spiro atoms. The molecule has 6 saturated heterocycles. The van der Waals surface area contributed by atoms with Crippen molar-refractivity contribution >= 4 is 107 Å². The van der Waals surface area contributed by atoms with Crippen molar-refractivity contribution < 1.29 is 176 Å². The number of nitrogens with zero attached hydrogens (tertiary/aromatic N) is 5. The van der Waals surface area contributed by atoms with E-state index in [1.165, 1.54) is 38.2 Å². The molecule has 57 nitrogen and oxygen atoms in total. The summed E-state index contributed by atoms with van der Waals surface area (Å²) in [6.07, 6.45) is -33.0. The van der Waals surface area contributed by atoms with Gasteiger partial charge in [0.2, 0.25) is 88.6 Å². The minimum Gasteiger partial charge on any atom is -0.481 e. The number of nitrogens with two attached hydrogens (primary N) is 4. The van der Waals surface area contributed by atoms with Crippen molar-refractivity contribution in [2.24, 2.45) is 33.8 Å². The molecular formula is C80H129N21O36. The van der Waals surface area contributed by atoms with Crippen molar-refractivity contribution in [1.29, 1.82) is 0 Å². The average Bonchev–Trinajstić information content (AvgIpc) is 1.53. The van der Waals surface area contributed by atoms with Crippen LogP contribution in [0.1, 0.15) is 125 Å². The lowest BCUT2D eigenvalue weighted by atomic mass is 9.88. The van der Waals surface area contributed by atoms with Crippen LogP contribution in [0.3, 0.4) is 0 Å². The number of aliphatic imine (C=N–C) groups is 1. The maximum absolute atomic E-state index is 15.7. The number of aromatic amines is 1. The first-order chi connectivity index (χ1) is 64.4. The van der Waals surface area contributed by atoms with E-state index in [4.69, 9.17) is 51.4 Å². The van der Waals surface area contributed by atoms with Crippen LogP contribution in [0.4, 0.5) is 0 Å². The molecule has 15 amide bonds. The lowest BCUT2D eigenvalue weighted by molar-refractivity contribution is -0.382. The van der Waals surface area contributed by atoms with Crippen LogP contribution in [0.2, 0.25) is 0 Å². The highest BCUT2D eigenvalue weighted by Crippen LogP contribution is 2.39. The van der Waals surface area contributed by atoms with Crippen molar-refractivity contribution in [2.75, 3.05) is 59.2 Å². The van der Waals surface area contributed by atoms with Crippen LogP contribution in [0.25, 0.3) is 0 Å². The van der Waals surface area contributed by atoms with Crippen molar-refractivity contribution in [3.8, 4) is 0 Å². The Hall–Kier alpha value is -11.2. The summed E-state index contributed by atoms with van der Waals surface area (Å²) in [5.41, 5.74) is 23.3. The SMILES string of the molecule is CC(=O)N[C@H]1[C@@H](O[C@H](C)[C@H](NC(=O)[C@H](CC(=O)O)NC(=O)[C@@H]2CCCN2C(=O)[C@H](C)NC(=O)[C@H](CO)NC(=O)[C@@H](NC(=O)[C@@H](NC(=O)CNC(=O)[C@@H](N)Cc2cnc[nH]2)C(C)C)[C@@H](C)O)C(=O)N[C@@H](CCCN=C(N)N)C(=O)N2CCC[C@H]2C(=O)N[C@@H](C)C(=O)N2CCC[C@H]2C(N)=O)O[C@H](CO)[C@H](O)[C@@H]1O[C@@H]1O[C@H](CO)[C@H](O)[C@H](O[C@]2(C(=O)O)C[C@H](O)[C@@H](NC(C)=O)[C@H]([C@H](O)[C@H](O)CO)O2)[C@H]1O. The lowest BCUT2D eigenvalue weighted by Gasteiger charge is -2.51. The van der Waals surface area contributed by atoms with E-state index < -0.39 is 347 Å². The standard InChI is InChI=1S/C80H129N21O36/c1-31(2)52(96-50(111)25-87-65(119)39(81)21-38-24-85-30-88-38)70(124)97-53(34(5)106)71(125)95-42(26-102)67(121)89-32(3)74(128)100-19-11-16-45(100)69(123)94-41(22-51(112)113)66(120)98-54(72(126)93-40(13-9-17-86-79(83)84)75(129)101-20-12-15-44(101)68(122)90-33(4)73(127)99-18-10-14-43(99)64(82)118)35(6)132-76-56(92-37(8)108)61(58(115)48(28-104)133-76)135-77-60(117)63(59(116)49(29-105)134-77)137-80(78(130)131)23-46(109)55(91-36(7)107)62(136-80)57(114)47(110)27-103/h24,30-35,39-49,52-63,76-77,102-106,109-110,114-117H,9-23,25-29,81H2,1-8H3,(H2,82,118)(H,85,88)(H,87,119)(H,89,121)(H,90,122)(H,91,107)(H,92,108)(H,93,126)(H,94,123)(H,95,125)(H,96,111)(H,97,124)(H,98,120)(H,112,113)(H,130,131)(H4,83,84,86)/t32-,33-,34+,35+,39-,40-,41-,42-,43-,44-,45-,46-,47+,48+,49+,52-,53-,54-,55+,56+,57+,58-,59-,60+,61+,62+,63-,76-,77-,80-/m0/s1. The van der Waals surface area contributed by atoms with Gasteiger partial charge in [-0.3, -0.25) is 81.7 Å². The molecule has 57 heteroatoms. The van der Waals surface area contributed by atoms with Gasteiger partial charge in [-0.15, -0.1) is 0 Å². The van der Waals surface area contributed by atoms with Gasteiger partial charge in [-0.05, 0) is 85.0 Å². The molecule has 1 aromatic heterocycles. The zero-order chi connectivity index (χ0) is 102. The highest BCUT2D eigenvalue weighted by Gasteiger charge is 2.61. The number of primary amides is 1. The second-order valence-corrected chi connectivity index (χ2v) is 34.5. The fourth-order valence-electron chi connectivity index (χ4n) is 16.5. The Morgan fingerprint density at radius 2 is 1.12 bits per heavy atom. The molecular weight excluding hydrogens is 1830 g/mol. The monoisotopic (exact) mass is 1960 g/mol. The highest BCUT2D eigenvalue weighted by molar-refractivity contribution is 6.01. The third-order valence-electron chi connectivity index (χ3n) is 23.7. The van der Waals surface area contributed by atoms with Crippen LogP contribution in [-0.4, -0.2) is 439 Å². The number of aliphatic carboxylic acids is 2. The number of hydrogen-bond acceptors (Lipinski definition) is 37. The maximum Gasteiger partial charge on any atom is 0.364 e. The molecule has 7 rings (SSSR count). The Balaban J connectivity index is 1.18. The molecule has 0 aromatic carbocycles. The summed E-state index contributed by atoms with van der Waals surface area (Å²) in [5.74, 6) is -24.2. The van der Waals surface area contributed by atoms with Gasteiger partial charge in [0, 0.05) is 64.8 Å². The Morgan fingerprint density at radius 3 is 1.66 bits per heavy atom. The van der Waals surface area contributed by atoms with Gasteiger partial charge in [-0.1, -0.05) is 13.8 Å². The zero-order valence-corrected chi connectivity index (χ0v) is 76.4. The summed E-state index contributed by atoms with van der Waals surface area (Å²) in [6.45, 7) is 3.33. The topological polar surface area (TPSA) is 896 Å². The number of likely N-dealkylation sites (tertiary alicyclic amines) is 3. The summed E-state index contributed by atoms with van der Waals surface area (Å²) in [6, 6.07) is -23.6. The number of H-pyrrole nitrogens is 1. The minimum atomic E-state index is -3.34. The van der Waals surface area contributed by atoms with E-state index >= 15 is 14.4 Å². The molecule has 0 unspecified atom stereocenters. The predicted octanol–water partition coefficient (Wildman–Crippen LogP) is -16.3. The van der Waals surface area contributed by atoms with Crippen LogP contribution in [0.15, 0.2) is 17.5 Å². The van der Waals surface area contributed by atoms with Crippen molar-refractivity contribution in [3.63, 3.8) is 0 Å². The molecule has 6 fully saturated rings. The van der Waals surface area contributed by atoms with E-state index in [0.29, 0.717) is 12.1 Å². The molecule has 0 radical (unpaired) electrons. The highest BCUT2D eigenvalue weighted by atomic mass is 16.8. The Kier molecular flexibility index (Phi) is 42.3. The zero-order valence-electron chi connectivity index (χ0n) is 76.4.